The molecule has 0 bridgehead atoms. The number of nitrogens with zero attached hydrogens (tertiary/aromatic N) is 3. The minimum absolute atomic E-state index is 0.125. The van der Waals surface area contributed by atoms with Crippen molar-refractivity contribution in [3.63, 3.8) is 0 Å². The van der Waals surface area contributed by atoms with Crippen LogP contribution in [0.4, 0.5) is 17.6 Å². The zero-order valence-electron chi connectivity index (χ0n) is 17.5. The van der Waals surface area contributed by atoms with Crippen LogP contribution < -0.4 is 16.4 Å². The number of ether oxygens (including phenoxy) is 1. The van der Waals surface area contributed by atoms with Gasteiger partial charge in [0.05, 0.1) is 12.7 Å². The highest BCUT2D eigenvalue weighted by Crippen LogP contribution is 2.46. The zero-order chi connectivity index (χ0) is 24.9. The van der Waals surface area contributed by atoms with Gasteiger partial charge in [-0.25, -0.2) is 14.6 Å². The Morgan fingerprint density at radius 2 is 1.82 bits per heavy atom. The second-order valence-corrected chi connectivity index (χ2v) is 7.73. The SMILES string of the molecule is N/N=C\N(N)CC(O)(c1ccc(F)cc1F)C(F)(F)c1ccc(OCc2ccc(Cl)cc2)cn1. The fourth-order valence-corrected chi connectivity index (χ4v) is 3.31. The first kappa shape index (κ1) is 25.2. The zero-order valence-corrected chi connectivity index (χ0v) is 18.3. The molecule has 0 aliphatic carbocycles. The Morgan fingerprint density at radius 1 is 1.12 bits per heavy atom. The monoisotopic (exact) mass is 497 g/mol. The van der Waals surface area contributed by atoms with Gasteiger partial charge in [-0.15, -0.1) is 0 Å². The lowest BCUT2D eigenvalue weighted by Gasteiger charge is -2.37. The van der Waals surface area contributed by atoms with Crippen LogP contribution in [0.25, 0.3) is 0 Å². The van der Waals surface area contributed by atoms with E-state index in [1.54, 1.807) is 24.3 Å². The molecule has 34 heavy (non-hydrogen) atoms. The summed E-state index contributed by atoms with van der Waals surface area (Å²) < 4.78 is 64.6. The van der Waals surface area contributed by atoms with Crippen LogP contribution in [0, 0.1) is 11.6 Å². The normalized spacial score (nSPS) is 13.6. The van der Waals surface area contributed by atoms with Gasteiger partial charge in [0, 0.05) is 16.7 Å². The van der Waals surface area contributed by atoms with E-state index in [1.165, 1.54) is 6.07 Å². The van der Waals surface area contributed by atoms with Gasteiger partial charge in [-0.3, -0.25) is 9.99 Å². The predicted molar refractivity (Wildman–Crippen MR) is 118 cm³/mol. The van der Waals surface area contributed by atoms with Crippen LogP contribution in [0.3, 0.4) is 0 Å². The molecule has 0 spiro atoms. The molecule has 2 aromatic carbocycles. The average molecular weight is 498 g/mol. The third-order valence-corrected chi connectivity index (χ3v) is 5.15. The number of nitrogens with two attached hydrogens (primary N) is 2. The van der Waals surface area contributed by atoms with Gasteiger partial charge in [-0.05, 0) is 42.0 Å². The third-order valence-electron chi connectivity index (χ3n) is 4.90. The lowest BCUT2D eigenvalue weighted by Crippen LogP contribution is -2.53. The molecule has 12 heteroatoms. The van der Waals surface area contributed by atoms with E-state index in [1.807, 2.05) is 0 Å². The van der Waals surface area contributed by atoms with E-state index >= 15 is 8.78 Å². The Bertz CT molecular complexity index is 1150. The fourth-order valence-electron chi connectivity index (χ4n) is 3.18. The molecule has 0 aliphatic heterocycles. The van der Waals surface area contributed by atoms with Crippen molar-refractivity contribution in [3.8, 4) is 5.75 Å². The number of pyridine rings is 1. The number of rotatable bonds is 9. The van der Waals surface area contributed by atoms with Crippen molar-refractivity contribution >= 4 is 17.9 Å². The van der Waals surface area contributed by atoms with Gasteiger partial charge < -0.3 is 15.7 Å². The Labute approximate surface area is 197 Å². The predicted octanol–water partition coefficient (Wildman–Crippen LogP) is 3.65. The van der Waals surface area contributed by atoms with E-state index in [4.69, 9.17) is 28.0 Å². The largest absolute Gasteiger partial charge is 0.487 e. The molecular weight excluding hydrogens is 478 g/mol. The number of hydrazone groups is 1. The third kappa shape index (κ3) is 5.38. The number of hydrazine groups is 1. The smallest absolute Gasteiger partial charge is 0.323 e. The highest BCUT2D eigenvalue weighted by molar-refractivity contribution is 6.30. The van der Waals surface area contributed by atoms with Crippen molar-refractivity contribution < 1.29 is 27.4 Å². The van der Waals surface area contributed by atoms with E-state index < -0.39 is 41.0 Å². The molecule has 180 valence electrons. The van der Waals surface area contributed by atoms with Crippen molar-refractivity contribution in [3.05, 3.63) is 94.3 Å². The number of hydrogen-bond acceptors (Lipinski definition) is 6. The molecule has 3 rings (SSSR count). The number of halogens is 5. The summed E-state index contributed by atoms with van der Waals surface area (Å²) in [5, 5.41) is 15.2. The first-order chi connectivity index (χ1) is 16.1. The molecule has 1 unspecified atom stereocenters. The van der Waals surface area contributed by atoms with Crippen molar-refractivity contribution in [2.45, 2.75) is 18.1 Å². The minimum Gasteiger partial charge on any atom is -0.487 e. The van der Waals surface area contributed by atoms with Crippen LogP contribution in [0.15, 0.2) is 65.9 Å². The number of alkyl halides is 2. The molecule has 3 aromatic rings. The average Bonchev–Trinajstić information content (AvgIpc) is 2.79. The van der Waals surface area contributed by atoms with Crippen LogP contribution in [-0.2, 0) is 18.1 Å². The van der Waals surface area contributed by atoms with Crippen LogP contribution in [0.5, 0.6) is 5.75 Å². The summed E-state index contributed by atoms with van der Waals surface area (Å²) in [5.41, 5.74) is -4.30. The molecule has 1 aromatic heterocycles. The van der Waals surface area contributed by atoms with Crippen molar-refractivity contribution in [1.29, 1.82) is 0 Å². The standard InChI is InChI=1S/C22H20ClF4N5O2/c23-15-3-1-14(2-4-15)11-34-17-6-8-20(30-10-17)22(26,27)21(33,12-32(29)13-31-28)18-7-5-16(24)9-19(18)25/h1-10,13,33H,11-12,28-29H2/b31-13-. The van der Waals surface area contributed by atoms with E-state index in [2.05, 4.69) is 10.1 Å². The second kappa shape index (κ2) is 10.2. The van der Waals surface area contributed by atoms with Crippen LogP contribution in [0.2, 0.25) is 5.02 Å². The highest BCUT2D eigenvalue weighted by Gasteiger charge is 2.58. The molecule has 0 fully saturated rings. The Balaban J connectivity index is 1.91. The molecule has 0 saturated heterocycles. The summed E-state index contributed by atoms with van der Waals surface area (Å²) in [7, 11) is 0. The molecule has 0 aliphatic rings. The summed E-state index contributed by atoms with van der Waals surface area (Å²) in [4.78, 5) is 3.70. The molecule has 0 saturated carbocycles. The first-order valence-electron chi connectivity index (χ1n) is 9.71. The Morgan fingerprint density at radius 3 is 2.41 bits per heavy atom. The summed E-state index contributed by atoms with van der Waals surface area (Å²) in [6.07, 6.45) is 1.78. The second-order valence-electron chi connectivity index (χ2n) is 7.29. The van der Waals surface area contributed by atoms with Crippen LogP contribution in [-0.4, -0.2) is 28.0 Å². The summed E-state index contributed by atoms with van der Waals surface area (Å²) in [6.45, 7) is -0.931. The molecule has 5 N–H and O–H groups in total. The van der Waals surface area contributed by atoms with Gasteiger partial charge in [0.1, 0.15) is 36.0 Å². The molecule has 1 atom stereocenters. The summed E-state index contributed by atoms with van der Waals surface area (Å²) in [5.74, 6) is 4.09. The van der Waals surface area contributed by atoms with Crippen molar-refractivity contribution in [2.24, 2.45) is 16.8 Å². The van der Waals surface area contributed by atoms with E-state index in [-0.39, 0.29) is 12.4 Å². The van der Waals surface area contributed by atoms with Gasteiger partial charge in [-0.1, -0.05) is 23.7 Å². The molecular formula is C22H20ClF4N5O2. The maximum Gasteiger partial charge on any atom is 0.323 e. The topological polar surface area (TPSA) is 110 Å². The van der Waals surface area contributed by atoms with Crippen LogP contribution in [0.1, 0.15) is 16.8 Å². The number of aromatic nitrogens is 1. The molecule has 0 radical (unpaired) electrons. The molecule has 1 heterocycles. The van der Waals surface area contributed by atoms with Gasteiger partial charge in [0.2, 0.25) is 0 Å². The Hall–Kier alpha value is -3.41. The number of aliphatic hydroxyl groups is 1. The minimum atomic E-state index is -4.19. The van der Waals surface area contributed by atoms with Gasteiger partial charge in [0.25, 0.3) is 0 Å². The molecule has 7 nitrogen and oxygen atoms in total. The van der Waals surface area contributed by atoms with Gasteiger partial charge in [0.15, 0.2) is 5.60 Å². The molecule has 0 amide bonds. The fraction of sp³-hybridized carbons (Fsp3) is 0.182. The van der Waals surface area contributed by atoms with Crippen LogP contribution >= 0.6 is 11.6 Å². The van der Waals surface area contributed by atoms with E-state index in [9.17, 15) is 13.9 Å². The van der Waals surface area contributed by atoms with Crippen molar-refractivity contribution in [1.82, 2.24) is 9.99 Å². The number of benzene rings is 2. The van der Waals surface area contributed by atoms with E-state index in [0.717, 1.165) is 30.2 Å². The first-order valence-corrected chi connectivity index (χ1v) is 10.1. The lowest BCUT2D eigenvalue weighted by atomic mass is 9.84. The Kier molecular flexibility index (Phi) is 7.60. The summed E-state index contributed by atoms with van der Waals surface area (Å²) >= 11 is 5.83. The lowest BCUT2D eigenvalue weighted by molar-refractivity contribution is -0.203. The van der Waals surface area contributed by atoms with Gasteiger partial charge >= 0.3 is 5.92 Å². The maximum absolute atomic E-state index is 15.6. The van der Waals surface area contributed by atoms with Gasteiger partial charge in [-0.2, -0.15) is 13.9 Å². The quantitative estimate of drug-likeness (QED) is 0.137. The summed E-state index contributed by atoms with van der Waals surface area (Å²) in [6, 6.07) is 10.8. The maximum atomic E-state index is 15.6. The van der Waals surface area contributed by atoms with E-state index in [0.29, 0.717) is 22.2 Å². The number of hydrogen-bond donors (Lipinski definition) is 3. The highest BCUT2D eigenvalue weighted by atomic mass is 35.5. The van der Waals surface area contributed by atoms with Crippen molar-refractivity contribution in [2.75, 3.05) is 6.54 Å².